The second-order valence-electron chi connectivity index (χ2n) is 3.92. The average molecular weight is 304 g/mol. The quantitative estimate of drug-likeness (QED) is 0.778. The van der Waals surface area contributed by atoms with Crippen LogP contribution in [0.5, 0.6) is 0 Å². The van der Waals surface area contributed by atoms with E-state index in [-0.39, 0.29) is 17.3 Å². The van der Waals surface area contributed by atoms with E-state index in [1.54, 1.807) is 17.4 Å². The van der Waals surface area contributed by atoms with Gasteiger partial charge < -0.3 is 10.4 Å². The summed E-state index contributed by atoms with van der Waals surface area (Å²) in [5.41, 5.74) is -0.0285. The van der Waals surface area contributed by atoms with Gasteiger partial charge in [0.25, 0.3) is 5.91 Å². The number of carbonyl (C=O) groups is 2. The molecule has 0 unspecified atom stereocenters. The van der Waals surface area contributed by atoms with Crippen molar-refractivity contribution in [1.82, 2.24) is 4.98 Å². The van der Waals surface area contributed by atoms with Crippen LogP contribution in [0.2, 0.25) is 0 Å². The molecule has 0 saturated carbocycles. The van der Waals surface area contributed by atoms with Gasteiger partial charge in [0.1, 0.15) is 11.4 Å². The van der Waals surface area contributed by atoms with E-state index in [9.17, 15) is 9.59 Å². The summed E-state index contributed by atoms with van der Waals surface area (Å²) >= 11 is 2.93. The molecule has 3 aromatic rings. The monoisotopic (exact) mass is 304 g/mol. The number of thiophene rings is 2. The molecule has 5 nitrogen and oxygen atoms in total. The third-order valence-corrected chi connectivity index (χ3v) is 4.73. The molecule has 0 aliphatic heterocycles. The SMILES string of the molecule is O=C(Nc1ncccc1C(=O)O)c1cc2sccc2s1. The number of hydrogen-bond acceptors (Lipinski definition) is 5. The number of carboxylic acid groups (broad SMARTS) is 1. The molecule has 2 N–H and O–H groups in total. The van der Waals surface area contributed by atoms with Gasteiger partial charge in [-0.2, -0.15) is 0 Å². The van der Waals surface area contributed by atoms with Crippen molar-refractivity contribution in [3.05, 3.63) is 46.3 Å². The van der Waals surface area contributed by atoms with Crippen molar-refractivity contribution in [1.29, 1.82) is 0 Å². The molecule has 100 valence electrons. The lowest BCUT2D eigenvalue weighted by Crippen LogP contribution is -2.14. The molecule has 0 radical (unpaired) electrons. The van der Waals surface area contributed by atoms with Crippen LogP contribution in [0.15, 0.2) is 35.8 Å². The number of fused-ring (bicyclic) bond motifs is 1. The van der Waals surface area contributed by atoms with Crippen molar-refractivity contribution in [2.45, 2.75) is 0 Å². The predicted molar refractivity (Wildman–Crippen MR) is 78.9 cm³/mol. The van der Waals surface area contributed by atoms with E-state index in [0.717, 1.165) is 9.40 Å². The van der Waals surface area contributed by atoms with Crippen LogP contribution < -0.4 is 5.32 Å². The van der Waals surface area contributed by atoms with Gasteiger partial charge in [0.05, 0.1) is 4.88 Å². The van der Waals surface area contributed by atoms with Crippen LogP contribution in [0.4, 0.5) is 5.82 Å². The summed E-state index contributed by atoms with van der Waals surface area (Å²) in [6.07, 6.45) is 1.44. The van der Waals surface area contributed by atoms with Gasteiger partial charge in [-0.15, -0.1) is 22.7 Å². The Hall–Kier alpha value is -2.25. The maximum absolute atomic E-state index is 12.1. The topological polar surface area (TPSA) is 79.3 Å². The lowest BCUT2D eigenvalue weighted by molar-refractivity contribution is 0.0697. The van der Waals surface area contributed by atoms with Crippen molar-refractivity contribution in [2.75, 3.05) is 5.32 Å². The van der Waals surface area contributed by atoms with E-state index < -0.39 is 5.97 Å². The Balaban J connectivity index is 1.89. The van der Waals surface area contributed by atoms with Crippen LogP contribution >= 0.6 is 22.7 Å². The molecule has 7 heteroatoms. The summed E-state index contributed by atoms with van der Waals surface area (Å²) in [7, 11) is 0. The van der Waals surface area contributed by atoms with Crippen LogP contribution in [0.1, 0.15) is 20.0 Å². The molecule has 0 atom stereocenters. The second kappa shape index (κ2) is 5.03. The zero-order valence-electron chi connectivity index (χ0n) is 9.99. The number of anilines is 1. The normalized spacial score (nSPS) is 10.6. The Morgan fingerprint density at radius 3 is 2.85 bits per heavy atom. The first-order chi connectivity index (χ1) is 9.65. The number of rotatable bonds is 3. The highest BCUT2D eigenvalue weighted by molar-refractivity contribution is 7.27. The Bertz CT molecular complexity index is 778. The fourth-order valence-corrected chi connectivity index (χ4v) is 3.73. The zero-order chi connectivity index (χ0) is 14.1. The van der Waals surface area contributed by atoms with Crippen LogP contribution in [0.3, 0.4) is 0 Å². The molecule has 1 amide bonds. The molecule has 3 rings (SSSR count). The molecular formula is C13H8N2O3S2. The van der Waals surface area contributed by atoms with E-state index in [1.807, 2.05) is 11.4 Å². The summed E-state index contributed by atoms with van der Waals surface area (Å²) in [4.78, 5) is 27.6. The number of nitrogens with one attached hydrogen (secondary N) is 1. The van der Waals surface area contributed by atoms with Crippen LogP contribution in [0, 0.1) is 0 Å². The number of carbonyl (C=O) groups excluding carboxylic acids is 1. The molecular weight excluding hydrogens is 296 g/mol. The highest BCUT2D eigenvalue weighted by Crippen LogP contribution is 2.30. The smallest absolute Gasteiger partial charge is 0.339 e. The predicted octanol–water partition coefficient (Wildman–Crippen LogP) is 3.31. The molecule has 20 heavy (non-hydrogen) atoms. The minimum atomic E-state index is -1.12. The first-order valence-electron chi connectivity index (χ1n) is 5.62. The van der Waals surface area contributed by atoms with Crippen molar-refractivity contribution in [3.63, 3.8) is 0 Å². The Kier molecular flexibility index (Phi) is 3.21. The Labute approximate surface area is 121 Å². The summed E-state index contributed by atoms with van der Waals surface area (Å²) in [6, 6.07) is 6.66. The third-order valence-electron chi connectivity index (χ3n) is 2.63. The van der Waals surface area contributed by atoms with E-state index in [0.29, 0.717) is 4.88 Å². The largest absolute Gasteiger partial charge is 0.478 e. The lowest BCUT2D eigenvalue weighted by Gasteiger charge is -2.05. The van der Waals surface area contributed by atoms with Gasteiger partial charge in [-0.05, 0) is 29.6 Å². The van der Waals surface area contributed by atoms with Crippen LogP contribution in [-0.2, 0) is 0 Å². The summed E-state index contributed by atoms with van der Waals surface area (Å²) in [5, 5.41) is 13.5. The van der Waals surface area contributed by atoms with Gasteiger partial charge in [0.15, 0.2) is 0 Å². The number of amides is 1. The molecule has 0 aliphatic carbocycles. The Morgan fingerprint density at radius 1 is 1.25 bits per heavy atom. The molecule has 0 fully saturated rings. The maximum Gasteiger partial charge on any atom is 0.339 e. The second-order valence-corrected chi connectivity index (χ2v) is 5.95. The number of pyridine rings is 1. The minimum absolute atomic E-state index is 0.0285. The van der Waals surface area contributed by atoms with Crippen molar-refractivity contribution >= 4 is 49.8 Å². The number of aromatic nitrogens is 1. The third kappa shape index (κ3) is 2.28. The fraction of sp³-hybridized carbons (Fsp3) is 0. The zero-order valence-corrected chi connectivity index (χ0v) is 11.6. The fourth-order valence-electron chi connectivity index (χ4n) is 1.72. The van der Waals surface area contributed by atoms with Gasteiger partial charge in [-0.1, -0.05) is 0 Å². The summed E-state index contributed by atoms with van der Waals surface area (Å²) < 4.78 is 2.08. The highest BCUT2D eigenvalue weighted by Gasteiger charge is 2.16. The first-order valence-corrected chi connectivity index (χ1v) is 7.31. The number of carboxylic acids is 1. The number of aromatic carboxylic acids is 1. The Morgan fingerprint density at radius 2 is 2.10 bits per heavy atom. The van der Waals surface area contributed by atoms with Crippen LogP contribution in [0.25, 0.3) is 9.40 Å². The van der Waals surface area contributed by atoms with Gasteiger partial charge in [-0.25, -0.2) is 9.78 Å². The van der Waals surface area contributed by atoms with Crippen molar-refractivity contribution in [2.24, 2.45) is 0 Å². The van der Waals surface area contributed by atoms with E-state index in [4.69, 9.17) is 5.11 Å². The van der Waals surface area contributed by atoms with Gasteiger partial charge in [0.2, 0.25) is 0 Å². The molecule has 0 aliphatic rings. The first kappa shape index (κ1) is 12.8. The summed E-state index contributed by atoms with van der Waals surface area (Å²) in [5.74, 6) is -1.41. The molecule has 0 saturated heterocycles. The lowest BCUT2D eigenvalue weighted by atomic mass is 10.2. The standard InChI is InChI=1S/C13H8N2O3S2/c16-12(10-6-9-8(20-10)3-5-19-9)15-11-7(13(17)18)2-1-4-14-11/h1-6H,(H,17,18)(H,14,15,16). The number of nitrogens with zero attached hydrogens (tertiary/aromatic N) is 1. The maximum atomic E-state index is 12.1. The van der Waals surface area contributed by atoms with E-state index in [2.05, 4.69) is 10.3 Å². The molecule has 3 aromatic heterocycles. The van der Waals surface area contributed by atoms with Crippen molar-refractivity contribution < 1.29 is 14.7 Å². The van der Waals surface area contributed by atoms with Gasteiger partial charge in [0, 0.05) is 15.6 Å². The van der Waals surface area contributed by atoms with Crippen LogP contribution in [-0.4, -0.2) is 22.0 Å². The molecule has 0 aromatic carbocycles. The number of hydrogen-bond donors (Lipinski definition) is 2. The van der Waals surface area contributed by atoms with Crippen molar-refractivity contribution in [3.8, 4) is 0 Å². The molecule has 3 heterocycles. The van der Waals surface area contributed by atoms with E-state index in [1.165, 1.54) is 29.7 Å². The molecule has 0 spiro atoms. The molecule has 0 bridgehead atoms. The average Bonchev–Trinajstić information content (AvgIpc) is 2.99. The minimum Gasteiger partial charge on any atom is -0.478 e. The van der Waals surface area contributed by atoms with E-state index >= 15 is 0 Å². The van der Waals surface area contributed by atoms with Gasteiger partial charge >= 0.3 is 5.97 Å². The highest BCUT2D eigenvalue weighted by atomic mass is 32.1. The van der Waals surface area contributed by atoms with Gasteiger partial charge in [-0.3, -0.25) is 4.79 Å². The summed E-state index contributed by atoms with van der Waals surface area (Å²) in [6.45, 7) is 0.